The standard InChI is InChI=1S/C15H33N3O/c1-13(2)16-11-15(6,19)12-17-7-9-18(10-8-17)14(3,4)5/h13,16,19H,7-12H2,1-6H3. The Kier molecular flexibility index (Phi) is 5.80. The zero-order valence-corrected chi connectivity index (χ0v) is 13.7. The molecule has 2 N–H and O–H groups in total. The van der Waals surface area contributed by atoms with Gasteiger partial charge < -0.3 is 10.4 Å². The second kappa shape index (κ2) is 6.53. The van der Waals surface area contributed by atoms with Crippen molar-refractivity contribution in [1.82, 2.24) is 15.1 Å². The van der Waals surface area contributed by atoms with E-state index >= 15 is 0 Å². The Balaban J connectivity index is 2.36. The number of hydrogen-bond acceptors (Lipinski definition) is 4. The topological polar surface area (TPSA) is 38.7 Å². The van der Waals surface area contributed by atoms with Gasteiger partial charge in [0.1, 0.15) is 0 Å². The first-order valence-corrected chi connectivity index (χ1v) is 7.53. The molecule has 4 heteroatoms. The third-order valence-corrected chi connectivity index (χ3v) is 3.78. The Hall–Kier alpha value is -0.160. The average Bonchev–Trinajstić information content (AvgIpc) is 2.25. The predicted octanol–water partition coefficient (Wildman–Crippen LogP) is 1.15. The van der Waals surface area contributed by atoms with E-state index in [1.165, 1.54) is 0 Å². The minimum absolute atomic E-state index is 0.258. The lowest BCUT2D eigenvalue weighted by Crippen LogP contribution is -2.57. The Morgan fingerprint density at radius 3 is 2.00 bits per heavy atom. The van der Waals surface area contributed by atoms with Crippen molar-refractivity contribution in [1.29, 1.82) is 0 Å². The van der Waals surface area contributed by atoms with Crippen molar-refractivity contribution in [2.24, 2.45) is 0 Å². The second-order valence-electron chi connectivity index (χ2n) is 7.47. The van der Waals surface area contributed by atoms with Crippen LogP contribution in [-0.4, -0.2) is 71.4 Å². The molecule has 1 fully saturated rings. The van der Waals surface area contributed by atoms with E-state index in [0.29, 0.717) is 12.6 Å². The Morgan fingerprint density at radius 1 is 1.05 bits per heavy atom. The van der Waals surface area contributed by atoms with Crippen molar-refractivity contribution in [2.75, 3.05) is 39.3 Å². The van der Waals surface area contributed by atoms with E-state index in [1.54, 1.807) is 0 Å². The van der Waals surface area contributed by atoms with Gasteiger partial charge in [-0.3, -0.25) is 9.80 Å². The first-order chi connectivity index (χ1) is 8.60. The molecule has 0 aromatic rings. The fourth-order valence-electron chi connectivity index (χ4n) is 2.54. The summed E-state index contributed by atoms with van der Waals surface area (Å²) in [7, 11) is 0. The number of hydrogen-bond donors (Lipinski definition) is 2. The lowest BCUT2D eigenvalue weighted by molar-refractivity contribution is -0.00875. The predicted molar refractivity (Wildman–Crippen MR) is 81.5 cm³/mol. The van der Waals surface area contributed by atoms with Crippen LogP contribution in [0.2, 0.25) is 0 Å². The van der Waals surface area contributed by atoms with Gasteiger partial charge in [-0.1, -0.05) is 13.8 Å². The molecule has 0 radical (unpaired) electrons. The molecule has 0 spiro atoms. The summed E-state index contributed by atoms with van der Waals surface area (Å²) in [5.74, 6) is 0. The van der Waals surface area contributed by atoms with Crippen molar-refractivity contribution in [3.05, 3.63) is 0 Å². The van der Waals surface area contributed by atoms with Crippen LogP contribution in [0, 0.1) is 0 Å². The van der Waals surface area contributed by atoms with Gasteiger partial charge in [-0.25, -0.2) is 0 Å². The number of piperazine rings is 1. The van der Waals surface area contributed by atoms with Gasteiger partial charge in [0.25, 0.3) is 0 Å². The minimum Gasteiger partial charge on any atom is -0.388 e. The molecule has 1 unspecified atom stereocenters. The largest absolute Gasteiger partial charge is 0.388 e. The Morgan fingerprint density at radius 2 is 1.58 bits per heavy atom. The quantitative estimate of drug-likeness (QED) is 0.787. The smallest absolute Gasteiger partial charge is 0.0869 e. The summed E-state index contributed by atoms with van der Waals surface area (Å²) in [5.41, 5.74) is -0.387. The lowest BCUT2D eigenvalue weighted by atomic mass is 10.0. The maximum Gasteiger partial charge on any atom is 0.0869 e. The van der Waals surface area contributed by atoms with Gasteiger partial charge in [-0.05, 0) is 27.7 Å². The molecule has 0 saturated carbocycles. The number of aliphatic hydroxyl groups is 1. The van der Waals surface area contributed by atoms with Crippen molar-refractivity contribution < 1.29 is 5.11 Å². The number of β-amino-alcohol motifs (C(OH)–C–C–N with tert-alkyl or cyclic N) is 1. The molecule has 0 amide bonds. The van der Waals surface area contributed by atoms with E-state index in [2.05, 4.69) is 49.7 Å². The number of nitrogens with zero attached hydrogens (tertiary/aromatic N) is 2. The van der Waals surface area contributed by atoms with E-state index in [1.807, 2.05) is 6.92 Å². The fraction of sp³-hybridized carbons (Fsp3) is 1.00. The summed E-state index contributed by atoms with van der Waals surface area (Å²) >= 11 is 0. The van der Waals surface area contributed by atoms with E-state index in [4.69, 9.17) is 0 Å². The van der Waals surface area contributed by atoms with Gasteiger partial charge >= 0.3 is 0 Å². The molecule has 1 heterocycles. The van der Waals surface area contributed by atoms with Crippen LogP contribution in [-0.2, 0) is 0 Å². The van der Waals surface area contributed by atoms with Crippen LogP contribution in [0.5, 0.6) is 0 Å². The molecule has 0 aliphatic carbocycles. The van der Waals surface area contributed by atoms with Gasteiger partial charge in [0.05, 0.1) is 5.60 Å². The average molecular weight is 271 g/mol. The summed E-state index contributed by atoms with van der Waals surface area (Å²) in [5, 5.41) is 13.7. The molecular formula is C15H33N3O. The van der Waals surface area contributed by atoms with Crippen LogP contribution in [0.15, 0.2) is 0 Å². The van der Waals surface area contributed by atoms with Crippen molar-refractivity contribution in [2.45, 2.75) is 58.7 Å². The Bertz CT molecular complexity index is 263. The van der Waals surface area contributed by atoms with Crippen LogP contribution in [0.4, 0.5) is 0 Å². The number of rotatable bonds is 5. The molecular weight excluding hydrogens is 238 g/mol. The van der Waals surface area contributed by atoms with Crippen molar-refractivity contribution in [3.8, 4) is 0 Å². The van der Waals surface area contributed by atoms with Crippen molar-refractivity contribution >= 4 is 0 Å². The van der Waals surface area contributed by atoms with E-state index < -0.39 is 5.60 Å². The molecule has 1 aliphatic rings. The summed E-state index contributed by atoms with van der Waals surface area (Å²) in [6, 6.07) is 0.421. The Labute approximate surface area is 119 Å². The first kappa shape index (κ1) is 16.9. The van der Waals surface area contributed by atoms with Crippen LogP contribution < -0.4 is 5.32 Å². The third kappa shape index (κ3) is 6.21. The zero-order valence-electron chi connectivity index (χ0n) is 13.7. The molecule has 1 saturated heterocycles. The zero-order chi connectivity index (χ0) is 14.7. The summed E-state index contributed by atoms with van der Waals surface area (Å²) in [6.45, 7) is 18.7. The fourth-order valence-corrected chi connectivity index (χ4v) is 2.54. The SMILES string of the molecule is CC(C)NCC(C)(O)CN1CCN(C(C)(C)C)CC1. The normalized spacial score (nSPS) is 22.7. The molecule has 1 aliphatic heterocycles. The highest BCUT2D eigenvalue weighted by Crippen LogP contribution is 2.17. The molecule has 0 bridgehead atoms. The van der Waals surface area contributed by atoms with Gasteiger partial charge in [0.15, 0.2) is 0 Å². The third-order valence-electron chi connectivity index (χ3n) is 3.78. The monoisotopic (exact) mass is 271 g/mol. The van der Waals surface area contributed by atoms with E-state index in [0.717, 1.165) is 32.7 Å². The molecule has 19 heavy (non-hydrogen) atoms. The maximum absolute atomic E-state index is 10.4. The van der Waals surface area contributed by atoms with E-state index in [-0.39, 0.29) is 5.54 Å². The minimum atomic E-state index is -0.645. The number of nitrogens with one attached hydrogen (secondary N) is 1. The molecule has 0 aromatic heterocycles. The second-order valence-corrected chi connectivity index (χ2v) is 7.47. The first-order valence-electron chi connectivity index (χ1n) is 7.53. The molecule has 114 valence electrons. The summed E-state index contributed by atoms with van der Waals surface area (Å²) in [6.07, 6.45) is 0. The van der Waals surface area contributed by atoms with Gasteiger partial charge in [-0.2, -0.15) is 0 Å². The van der Waals surface area contributed by atoms with Gasteiger partial charge in [0.2, 0.25) is 0 Å². The van der Waals surface area contributed by atoms with Gasteiger partial charge in [0, 0.05) is 50.8 Å². The van der Waals surface area contributed by atoms with Gasteiger partial charge in [-0.15, -0.1) is 0 Å². The summed E-state index contributed by atoms with van der Waals surface area (Å²) in [4.78, 5) is 4.90. The maximum atomic E-state index is 10.4. The highest BCUT2D eigenvalue weighted by Gasteiger charge is 2.29. The highest BCUT2D eigenvalue weighted by molar-refractivity contribution is 4.86. The molecule has 1 rings (SSSR count). The molecule has 1 atom stereocenters. The molecule has 4 nitrogen and oxygen atoms in total. The lowest BCUT2D eigenvalue weighted by Gasteiger charge is -2.43. The molecule has 0 aromatic carbocycles. The van der Waals surface area contributed by atoms with Crippen molar-refractivity contribution in [3.63, 3.8) is 0 Å². The van der Waals surface area contributed by atoms with E-state index in [9.17, 15) is 5.11 Å². The van der Waals surface area contributed by atoms with Crippen LogP contribution in [0.3, 0.4) is 0 Å². The van der Waals surface area contributed by atoms with Crippen LogP contribution in [0.25, 0.3) is 0 Å². The van der Waals surface area contributed by atoms with Crippen LogP contribution in [0.1, 0.15) is 41.5 Å². The van der Waals surface area contributed by atoms with Crippen LogP contribution >= 0.6 is 0 Å². The summed E-state index contributed by atoms with van der Waals surface area (Å²) < 4.78 is 0. The highest BCUT2D eigenvalue weighted by atomic mass is 16.3.